The normalized spacial score (nSPS) is 12.0. The molecule has 0 radical (unpaired) electrons. The van der Waals surface area contributed by atoms with Gasteiger partial charge in [-0.15, -0.1) is 0 Å². The largest absolute Gasteiger partial charge is 0.422 e. The van der Waals surface area contributed by atoms with E-state index in [1.807, 2.05) is 42.5 Å². The summed E-state index contributed by atoms with van der Waals surface area (Å²) in [6.07, 6.45) is 0.899. The number of carbonyl (C=O) groups excluding carboxylic acids is 1. The minimum absolute atomic E-state index is 0.0385. The van der Waals surface area contributed by atoms with E-state index in [0.29, 0.717) is 12.1 Å². The zero-order valence-corrected chi connectivity index (χ0v) is 13.5. The van der Waals surface area contributed by atoms with E-state index in [4.69, 9.17) is 4.42 Å². The van der Waals surface area contributed by atoms with Crippen LogP contribution in [0.15, 0.2) is 69.9 Å². The zero-order chi connectivity index (χ0) is 16.9. The number of carbonyl (C=O) groups is 1. The molecule has 0 fully saturated rings. The van der Waals surface area contributed by atoms with Crippen LogP contribution >= 0.6 is 0 Å². The van der Waals surface area contributed by atoms with Gasteiger partial charge in [-0.1, -0.05) is 55.5 Å². The Morgan fingerprint density at radius 3 is 2.54 bits per heavy atom. The summed E-state index contributed by atoms with van der Waals surface area (Å²) in [5, 5.41) is 3.59. The van der Waals surface area contributed by atoms with Crippen molar-refractivity contribution in [1.29, 1.82) is 0 Å². The first kappa shape index (κ1) is 16.0. The molecule has 1 heterocycles. The Morgan fingerprint density at radius 1 is 1.08 bits per heavy atom. The van der Waals surface area contributed by atoms with Gasteiger partial charge in [-0.05, 0) is 24.1 Å². The van der Waals surface area contributed by atoms with Gasteiger partial charge < -0.3 is 9.73 Å². The Labute approximate surface area is 140 Å². The highest BCUT2D eigenvalue weighted by Crippen LogP contribution is 2.18. The maximum absolute atomic E-state index is 12.4. The summed E-state index contributed by atoms with van der Waals surface area (Å²) in [6, 6.07) is 18.8. The number of nitrogens with one attached hydrogen (secondary N) is 1. The number of para-hydroxylation sites is 1. The highest BCUT2D eigenvalue weighted by Gasteiger charge is 2.16. The molecule has 122 valence electrons. The smallest absolute Gasteiger partial charge is 0.349 e. The molecule has 1 N–H and O–H groups in total. The monoisotopic (exact) mass is 321 g/mol. The summed E-state index contributed by atoms with van der Waals surface area (Å²) in [5.74, 6) is -0.188. The van der Waals surface area contributed by atoms with Gasteiger partial charge in [-0.2, -0.15) is 0 Å². The summed E-state index contributed by atoms with van der Waals surface area (Å²) in [6.45, 7) is 2.56. The summed E-state index contributed by atoms with van der Waals surface area (Å²) in [5.41, 5.74) is 1.08. The molecular formula is C20H19NO3. The number of benzene rings is 2. The molecule has 3 rings (SSSR count). The SMILES string of the molecule is CC[C@H](CNC(=O)c1cc2ccccc2oc1=O)c1ccccc1. The quantitative estimate of drug-likeness (QED) is 0.729. The molecule has 24 heavy (non-hydrogen) atoms. The van der Waals surface area contributed by atoms with Gasteiger partial charge in [0, 0.05) is 17.8 Å². The third-order valence-electron chi connectivity index (χ3n) is 4.16. The fourth-order valence-corrected chi connectivity index (χ4v) is 2.75. The summed E-state index contributed by atoms with van der Waals surface area (Å²) >= 11 is 0. The lowest BCUT2D eigenvalue weighted by Crippen LogP contribution is -2.31. The van der Waals surface area contributed by atoms with E-state index in [1.165, 1.54) is 5.56 Å². The van der Waals surface area contributed by atoms with Crippen LogP contribution in [0.25, 0.3) is 11.0 Å². The van der Waals surface area contributed by atoms with E-state index in [2.05, 4.69) is 12.2 Å². The zero-order valence-electron chi connectivity index (χ0n) is 13.5. The van der Waals surface area contributed by atoms with Gasteiger partial charge in [0.2, 0.25) is 0 Å². The van der Waals surface area contributed by atoms with Gasteiger partial charge in [0.15, 0.2) is 0 Å². The van der Waals surface area contributed by atoms with E-state index in [1.54, 1.807) is 18.2 Å². The van der Waals surface area contributed by atoms with E-state index < -0.39 is 11.5 Å². The van der Waals surface area contributed by atoms with Gasteiger partial charge in [-0.25, -0.2) is 4.79 Å². The van der Waals surface area contributed by atoms with E-state index in [9.17, 15) is 9.59 Å². The second-order valence-electron chi connectivity index (χ2n) is 5.71. The molecule has 0 saturated heterocycles. The summed E-state index contributed by atoms with van der Waals surface area (Å²) in [7, 11) is 0. The van der Waals surface area contributed by atoms with Crippen molar-refractivity contribution in [3.8, 4) is 0 Å². The van der Waals surface area contributed by atoms with E-state index in [0.717, 1.165) is 11.8 Å². The van der Waals surface area contributed by atoms with E-state index >= 15 is 0 Å². The summed E-state index contributed by atoms with van der Waals surface area (Å²) in [4.78, 5) is 24.4. The van der Waals surface area contributed by atoms with Crippen molar-refractivity contribution in [2.24, 2.45) is 0 Å². The second-order valence-corrected chi connectivity index (χ2v) is 5.71. The molecule has 0 spiro atoms. The van der Waals surface area contributed by atoms with Crippen molar-refractivity contribution in [2.45, 2.75) is 19.3 Å². The highest BCUT2D eigenvalue weighted by molar-refractivity contribution is 5.96. The average molecular weight is 321 g/mol. The molecule has 4 heteroatoms. The molecule has 1 aromatic heterocycles. The van der Waals surface area contributed by atoms with Crippen LogP contribution in [-0.2, 0) is 0 Å². The van der Waals surface area contributed by atoms with Crippen LogP contribution in [0.2, 0.25) is 0 Å². The van der Waals surface area contributed by atoms with Gasteiger partial charge in [0.1, 0.15) is 11.1 Å². The number of fused-ring (bicyclic) bond motifs is 1. The number of hydrogen-bond donors (Lipinski definition) is 1. The fraction of sp³-hybridized carbons (Fsp3) is 0.200. The molecule has 2 aromatic carbocycles. The molecule has 1 amide bonds. The Hall–Kier alpha value is -2.88. The standard InChI is InChI=1S/C20H19NO3/c1-2-14(15-8-4-3-5-9-15)13-21-19(22)17-12-16-10-6-7-11-18(16)24-20(17)23/h3-12,14H,2,13H2,1H3,(H,21,22)/t14-/m1/s1. The summed E-state index contributed by atoms with van der Waals surface area (Å²) < 4.78 is 5.22. The molecule has 0 aliphatic heterocycles. The Balaban J connectivity index is 1.77. The van der Waals surface area contributed by atoms with Crippen LogP contribution < -0.4 is 10.9 Å². The predicted molar refractivity (Wildman–Crippen MR) is 94.3 cm³/mol. The van der Waals surface area contributed by atoms with Crippen molar-refractivity contribution in [2.75, 3.05) is 6.54 Å². The molecule has 0 aliphatic rings. The molecular weight excluding hydrogens is 302 g/mol. The lowest BCUT2D eigenvalue weighted by Gasteiger charge is -2.16. The average Bonchev–Trinajstić information content (AvgIpc) is 2.62. The number of rotatable bonds is 5. The van der Waals surface area contributed by atoms with Crippen LogP contribution in [0.4, 0.5) is 0 Å². The lowest BCUT2D eigenvalue weighted by molar-refractivity contribution is 0.0947. The Bertz CT molecular complexity index is 899. The maximum atomic E-state index is 12.4. The van der Waals surface area contributed by atoms with Gasteiger partial charge in [0.05, 0.1) is 0 Å². The molecule has 0 saturated carbocycles. The molecule has 0 bridgehead atoms. The van der Waals surface area contributed by atoms with Crippen LogP contribution in [0.5, 0.6) is 0 Å². The first-order chi connectivity index (χ1) is 11.7. The Morgan fingerprint density at radius 2 is 1.79 bits per heavy atom. The lowest BCUT2D eigenvalue weighted by atomic mass is 9.96. The first-order valence-electron chi connectivity index (χ1n) is 8.05. The first-order valence-corrected chi connectivity index (χ1v) is 8.05. The predicted octanol–water partition coefficient (Wildman–Crippen LogP) is 3.72. The highest BCUT2D eigenvalue weighted by atomic mass is 16.4. The van der Waals surface area contributed by atoms with Crippen LogP contribution in [0, 0.1) is 0 Å². The maximum Gasteiger partial charge on any atom is 0.349 e. The van der Waals surface area contributed by atoms with Crippen molar-refractivity contribution >= 4 is 16.9 Å². The van der Waals surface area contributed by atoms with Crippen molar-refractivity contribution < 1.29 is 9.21 Å². The molecule has 1 atom stereocenters. The topological polar surface area (TPSA) is 59.3 Å². The second kappa shape index (κ2) is 7.13. The number of amides is 1. The molecule has 4 nitrogen and oxygen atoms in total. The fourth-order valence-electron chi connectivity index (χ4n) is 2.75. The minimum atomic E-state index is -0.612. The Kier molecular flexibility index (Phi) is 4.75. The van der Waals surface area contributed by atoms with Crippen LogP contribution in [0.3, 0.4) is 0 Å². The van der Waals surface area contributed by atoms with Crippen molar-refractivity contribution in [1.82, 2.24) is 5.32 Å². The van der Waals surface area contributed by atoms with Gasteiger partial charge in [-0.3, -0.25) is 4.79 Å². The van der Waals surface area contributed by atoms with Crippen LogP contribution in [-0.4, -0.2) is 12.5 Å². The van der Waals surface area contributed by atoms with E-state index in [-0.39, 0.29) is 11.5 Å². The third-order valence-corrected chi connectivity index (χ3v) is 4.16. The van der Waals surface area contributed by atoms with Crippen molar-refractivity contribution in [3.05, 3.63) is 82.2 Å². The van der Waals surface area contributed by atoms with Gasteiger partial charge >= 0.3 is 5.63 Å². The third kappa shape index (κ3) is 3.38. The molecule has 3 aromatic rings. The van der Waals surface area contributed by atoms with Crippen molar-refractivity contribution in [3.63, 3.8) is 0 Å². The minimum Gasteiger partial charge on any atom is -0.422 e. The number of hydrogen-bond acceptors (Lipinski definition) is 3. The molecule has 0 unspecified atom stereocenters. The van der Waals surface area contributed by atoms with Gasteiger partial charge in [0.25, 0.3) is 5.91 Å². The molecule has 0 aliphatic carbocycles. The van der Waals surface area contributed by atoms with Crippen LogP contribution in [0.1, 0.15) is 35.2 Å².